The first-order valence-electron chi connectivity index (χ1n) is 7.37. The molecule has 128 valence electrons. The van der Waals surface area contributed by atoms with Gasteiger partial charge in [-0.25, -0.2) is 13.4 Å². The molecular formula is C14H20N2O5S2. The van der Waals surface area contributed by atoms with E-state index in [4.69, 9.17) is 4.74 Å². The van der Waals surface area contributed by atoms with Gasteiger partial charge < -0.3 is 9.64 Å². The predicted octanol–water partition coefficient (Wildman–Crippen LogP) is 0.573. The third-order valence-electron chi connectivity index (χ3n) is 3.66. The van der Waals surface area contributed by atoms with Gasteiger partial charge in [-0.05, 0) is 20.3 Å². The number of hydrogen-bond acceptors (Lipinski definition) is 7. The number of hydrogen-bond donors (Lipinski definition) is 0. The molecule has 1 saturated heterocycles. The molecule has 23 heavy (non-hydrogen) atoms. The highest BCUT2D eigenvalue weighted by Gasteiger charge is 2.34. The summed E-state index contributed by atoms with van der Waals surface area (Å²) in [4.78, 5) is 29.6. The van der Waals surface area contributed by atoms with Crippen molar-refractivity contribution < 1.29 is 22.7 Å². The minimum atomic E-state index is -3.06. The van der Waals surface area contributed by atoms with Crippen LogP contribution in [0.15, 0.2) is 5.38 Å². The van der Waals surface area contributed by atoms with Crippen LogP contribution in [0.4, 0.5) is 0 Å². The van der Waals surface area contributed by atoms with E-state index >= 15 is 0 Å². The van der Waals surface area contributed by atoms with Gasteiger partial charge in [-0.2, -0.15) is 0 Å². The lowest BCUT2D eigenvalue weighted by Crippen LogP contribution is -2.43. The molecule has 0 aliphatic carbocycles. The summed E-state index contributed by atoms with van der Waals surface area (Å²) >= 11 is 1.44. The Morgan fingerprint density at radius 2 is 2.22 bits per heavy atom. The lowest BCUT2D eigenvalue weighted by atomic mass is 10.2. The zero-order chi connectivity index (χ0) is 17.0. The fourth-order valence-corrected chi connectivity index (χ4v) is 4.92. The number of aryl methyl sites for hydroxylation is 1. The van der Waals surface area contributed by atoms with E-state index in [9.17, 15) is 18.0 Å². The van der Waals surface area contributed by atoms with Crippen molar-refractivity contribution in [3.63, 3.8) is 0 Å². The Bertz CT molecular complexity index is 683. The highest BCUT2D eigenvalue weighted by Crippen LogP contribution is 2.18. The topological polar surface area (TPSA) is 93.6 Å². The van der Waals surface area contributed by atoms with Crippen molar-refractivity contribution in [1.29, 1.82) is 0 Å². The predicted molar refractivity (Wildman–Crippen MR) is 86.0 cm³/mol. The summed E-state index contributed by atoms with van der Waals surface area (Å²) < 4.78 is 28.0. The number of esters is 1. The highest BCUT2D eigenvalue weighted by molar-refractivity contribution is 7.91. The number of rotatable bonds is 6. The van der Waals surface area contributed by atoms with Crippen LogP contribution in [0, 0.1) is 6.92 Å². The Morgan fingerprint density at radius 1 is 1.48 bits per heavy atom. The molecule has 0 N–H and O–H groups in total. The smallest absolute Gasteiger partial charge is 0.312 e. The normalized spacial score (nSPS) is 19.5. The Hall–Kier alpha value is -1.48. The first kappa shape index (κ1) is 17.9. The lowest BCUT2D eigenvalue weighted by Gasteiger charge is -2.26. The van der Waals surface area contributed by atoms with E-state index in [1.807, 2.05) is 6.92 Å². The zero-order valence-electron chi connectivity index (χ0n) is 13.1. The third kappa shape index (κ3) is 5.00. The second-order valence-corrected chi connectivity index (χ2v) is 8.72. The average Bonchev–Trinajstić information content (AvgIpc) is 3.03. The molecule has 1 atom stereocenters. The summed E-state index contributed by atoms with van der Waals surface area (Å²) in [7, 11) is -3.06. The maximum Gasteiger partial charge on any atom is 0.312 e. The number of carbonyl (C=O) groups excluding carboxylic acids is 2. The first-order chi connectivity index (χ1) is 10.8. The number of aromatic nitrogens is 1. The van der Waals surface area contributed by atoms with Gasteiger partial charge in [0.15, 0.2) is 16.4 Å². The van der Waals surface area contributed by atoms with Gasteiger partial charge in [-0.1, -0.05) is 0 Å². The van der Waals surface area contributed by atoms with E-state index in [-0.39, 0.29) is 36.5 Å². The van der Waals surface area contributed by atoms with E-state index in [1.165, 1.54) is 16.2 Å². The van der Waals surface area contributed by atoms with Crippen LogP contribution in [0.3, 0.4) is 0 Å². The van der Waals surface area contributed by atoms with Gasteiger partial charge in [0.05, 0.1) is 28.6 Å². The van der Waals surface area contributed by atoms with Crippen LogP contribution in [0.1, 0.15) is 24.0 Å². The van der Waals surface area contributed by atoms with Crippen LogP contribution in [-0.2, 0) is 30.6 Å². The summed E-state index contributed by atoms with van der Waals surface area (Å²) in [5, 5.41) is 2.64. The number of carbonyl (C=O) groups is 2. The summed E-state index contributed by atoms with van der Waals surface area (Å²) in [6, 6.07) is -0.322. The van der Waals surface area contributed by atoms with Crippen molar-refractivity contribution in [2.45, 2.75) is 32.7 Å². The number of likely N-dealkylation sites (N-methyl/N-ethyl adjacent to an activating group) is 1. The minimum Gasteiger partial charge on any atom is -0.455 e. The number of thiazole rings is 1. The monoisotopic (exact) mass is 360 g/mol. The molecule has 0 bridgehead atoms. The van der Waals surface area contributed by atoms with E-state index in [0.29, 0.717) is 18.7 Å². The summed E-state index contributed by atoms with van der Waals surface area (Å²) in [6.45, 7) is 3.65. The second kappa shape index (κ2) is 7.39. The number of amides is 1. The van der Waals surface area contributed by atoms with E-state index < -0.39 is 15.8 Å². The number of ether oxygens (including phenoxy) is 1. The molecule has 0 aromatic carbocycles. The molecule has 1 aromatic rings. The van der Waals surface area contributed by atoms with E-state index in [1.54, 1.807) is 12.3 Å². The van der Waals surface area contributed by atoms with Gasteiger partial charge in [0.2, 0.25) is 0 Å². The largest absolute Gasteiger partial charge is 0.455 e. The molecule has 1 amide bonds. The number of nitrogens with zero attached hydrogens (tertiary/aromatic N) is 2. The second-order valence-electron chi connectivity index (χ2n) is 5.43. The van der Waals surface area contributed by atoms with E-state index in [0.717, 1.165) is 5.01 Å². The van der Waals surface area contributed by atoms with Crippen molar-refractivity contribution in [3.05, 3.63) is 16.1 Å². The van der Waals surface area contributed by atoms with Crippen molar-refractivity contribution in [2.75, 3.05) is 24.7 Å². The Balaban J connectivity index is 1.84. The molecule has 1 unspecified atom stereocenters. The Morgan fingerprint density at radius 3 is 2.74 bits per heavy atom. The molecular weight excluding hydrogens is 340 g/mol. The van der Waals surface area contributed by atoms with Crippen molar-refractivity contribution >= 4 is 33.1 Å². The van der Waals surface area contributed by atoms with Crippen LogP contribution in [0.2, 0.25) is 0 Å². The molecule has 2 rings (SSSR count). The van der Waals surface area contributed by atoms with Crippen LogP contribution in [0.5, 0.6) is 0 Å². The number of sulfone groups is 1. The molecule has 1 aliphatic heterocycles. The minimum absolute atomic E-state index is 0.0153. The molecule has 2 heterocycles. The van der Waals surface area contributed by atoms with Gasteiger partial charge in [-0.3, -0.25) is 9.59 Å². The van der Waals surface area contributed by atoms with Crippen LogP contribution in [-0.4, -0.2) is 60.9 Å². The van der Waals surface area contributed by atoms with Gasteiger partial charge in [0.1, 0.15) is 0 Å². The molecule has 0 saturated carbocycles. The molecule has 1 fully saturated rings. The molecule has 9 heteroatoms. The molecule has 0 radical (unpaired) electrons. The fraction of sp³-hybridized carbons (Fsp3) is 0.643. The van der Waals surface area contributed by atoms with Crippen molar-refractivity contribution in [1.82, 2.24) is 9.88 Å². The van der Waals surface area contributed by atoms with Crippen molar-refractivity contribution in [3.8, 4) is 0 Å². The average molecular weight is 360 g/mol. The first-order valence-corrected chi connectivity index (χ1v) is 10.1. The summed E-state index contributed by atoms with van der Waals surface area (Å²) in [5.74, 6) is -0.792. The maximum atomic E-state index is 12.2. The Labute approximate surface area is 139 Å². The third-order valence-corrected chi connectivity index (χ3v) is 6.23. The molecule has 7 nitrogen and oxygen atoms in total. The van der Waals surface area contributed by atoms with Crippen LogP contribution < -0.4 is 0 Å². The van der Waals surface area contributed by atoms with Gasteiger partial charge in [0.25, 0.3) is 5.91 Å². The summed E-state index contributed by atoms with van der Waals surface area (Å²) in [6.07, 6.45) is 0.468. The van der Waals surface area contributed by atoms with Gasteiger partial charge in [-0.15, -0.1) is 11.3 Å². The SMILES string of the molecule is CCN(C(=O)COC(=O)Cc1csc(C)n1)C1CCS(=O)(=O)C1. The standard InChI is InChI=1S/C14H20N2O5S2/c1-3-16(12-4-5-23(19,20)9-12)13(17)7-21-14(18)6-11-8-22-10(2)15-11/h8,12H,3-7,9H2,1-2H3. The fourth-order valence-electron chi connectivity index (χ4n) is 2.57. The van der Waals surface area contributed by atoms with Crippen LogP contribution in [0.25, 0.3) is 0 Å². The van der Waals surface area contributed by atoms with Crippen molar-refractivity contribution in [2.24, 2.45) is 0 Å². The molecule has 1 aromatic heterocycles. The molecule has 0 spiro atoms. The quantitative estimate of drug-likeness (QED) is 0.689. The highest BCUT2D eigenvalue weighted by atomic mass is 32.2. The lowest BCUT2D eigenvalue weighted by molar-refractivity contribution is -0.152. The van der Waals surface area contributed by atoms with Crippen LogP contribution >= 0.6 is 11.3 Å². The Kier molecular flexibility index (Phi) is 5.74. The van der Waals surface area contributed by atoms with E-state index in [2.05, 4.69) is 4.98 Å². The zero-order valence-corrected chi connectivity index (χ0v) is 14.8. The molecule has 1 aliphatic rings. The van der Waals surface area contributed by atoms with Gasteiger partial charge in [0, 0.05) is 18.0 Å². The maximum absolute atomic E-state index is 12.2. The summed E-state index contributed by atoms with van der Waals surface area (Å²) in [5.41, 5.74) is 0.624. The van der Waals surface area contributed by atoms with Gasteiger partial charge >= 0.3 is 5.97 Å².